The van der Waals surface area contributed by atoms with Crippen LogP contribution in [0.3, 0.4) is 0 Å². The maximum atomic E-state index is 6.17. The van der Waals surface area contributed by atoms with Crippen LogP contribution in [-0.2, 0) is 11.3 Å². The first kappa shape index (κ1) is 23.1. The van der Waals surface area contributed by atoms with Crippen molar-refractivity contribution in [1.82, 2.24) is 20.4 Å². The highest BCUT2D eigenvalue weighted by atomic mass is 16.5. The molecule has 1 aliphatic heterocycles. The van der Waals surface area contributed by atoms with Crippen molar-refractivity contribution in [2.24, 2.45) is 10.9 Å². The number of nitrogens with one attached hydrogen (secondary N) is 2. The van der Waals surface area contributed by atoms with Crippen LogP contribution >= 0.6 is 0 Å². The Bertz CT molecular complexity index is 1060. The van der Waals surface area contributed by atoms with Crippen LogP contribution in [0.4, 0.5) is 0 Å². The van der Waals surface area contributed by atoms with Gasteiger partial charge in [-0.05, 0) is 56.9 Å². The van der Waals surface area contributed by atoms with E-state index in [4.69, 9.17) is 9.73 Å². The van der Waals surface area contributed by atoms with E-state index in [1.165, 1.54) is 5.56 Å². The highest BCUT2D eigenvalue weighted by molar-refractivity contribution is 5.79. The van der Waals surface area contributed by atoms with Crippen molar-refractivity contribution in [3.63, 3.8) is 0 Å². The molecule has 33 heavy (non-hydrogen) atoms. The van der Waals surface area contributed by atoms with Crippen LogP contribution in [0.5, 0.6) is 0 Å². The maximum Gasteiger partial charge on any atom is 0.191 e. The predicted molar refractivity (Wildman–Crippen MR) is 134 cm³/mol. The molecular formula is C27H35N5O. The van der Waals surface area contributed by atoms with Gasteiger partial charge in [0.05, 0.1) is 24.0 Å². The quantitative estimate of drug-likeness (QED) is 0.408. The lowest BCUT2D eigenvalue weighted by Crippen LogP contribution is -2.42. The second-order valence-corrected chi connectivity index (χ2v) is 8.65. The average molecular weight is 446 g/mol. The first-order valence-corrected chi connectivity index (χ1v) is 12.0. The molecule has 0 spiro atoms. The molecule has 6 nitrogen and oxygen atoms in total. The number of hydrogen-bond donors (Lipinski definition) is 2. The molecule has 2 aromatic carbocycles. The van der Waals surface area contributed by atoms with Gasteiger partial charge < -0.3 is 15.4 Å². The molecule has 2 atom stereocenters. The van der Waals surface area contributed by atoms with Gasteiger partial charge in [-0.25, -0.2) is 9.67 Å². The molecule has 2 heterocycles. The van der Waals surface area contributed by atoms with Gasteiger partial charge in [0.15, 0.2) is 5.96 Å². The summed E-state index contributed by atoms with van der Waals surface area (Å²) in [4.78, 5) is 4.90. The number of para-hydroxylation sites is 1. The Balaban J connectivity index is 1.47. The van der Waals surface area contributed by atoms with Gasteiger partial charge in [-0.2, -0.15) is 5.10 Å². The van der Waals surface area contributed by atoms with Gasteiger partial charge >= 0.3 is 0 Å². The third kappa shape index (κ3) is 5.82. The van der Waals surface area contributed by atoms with Crippen molar-refractivity contribution in [3.05, 3.63) is 83.2 Å². The third-order valence-corrected chi connectivity index (χ3v) is 6.09. The fourth-order valence-electron chi connectivity index (χ4n) is 4.52. The van der Waals surface area contributed by atoms with Crippen LogP contribution in [0.25, 0.3) is 5.69 Å². The number of rotatable bonds is 7. The van der Waals surface area contributed by atoms with E-state index in [-0.39, 0.29) is 6.10 Å². The van der Waals surface area contributed by atoms with E-state index in [2.05, 4.69) is 90.2 Å². The number of nitrogens with zero attached hydrogens (tertiary/aromatic N) is 3. The normalized spacial score (nSPS) is 18.8. The second-order valence-electron chi connectivity index (χ2n) is 8.65. The molecule has 1 fully saturated rings. The summed E-state index contributed by atoms with van der Waals surface area (Å²) >= 11 is 0. The molecule has 1 aromatic heterocycles. The fourth-order valence-corrected chi connectivity index (χ4v) is 4.52. The summed E-state index contributed by atoms with van der Waals surface area (Å²) in [7, 11) is 0. The minimum Gasteiger partial charge on any atom is -0.373 e. The highest BCUT2D eigenvalue weighted by Gasteiger charge is 2.27. The van der Waals surface area contributed by atoms with E-state index in [0.29, 0.717) is 12.5 Å². The van der Waals surface area contributed by atoms with Crippen LogP contribution in [0.2, 0.25) is 0 Å². The van der Waals surface area contributed by atoms with Crippen LogP contribution in [0, 0.1) is 19.8 Å². The van der Waals surface area contributed by atoms with Crippen molar-refractivity contribution in [2.75, 3.05) is 19.7 Å². The average Bonchev–Trinajstić information content (AvgIpc) is 3.19. The number of aliphatic imine (C=N–C) groups is 1. The molecule has 0 saturated carbocycles. The Morgan fingerprint density at radius 2 is 1.88 bits per heavy atom. The predicted octanol–water partition coefficient (Wildman–Crippen LogP) is 4.71. The molecule has 3 aromatic rings. The van der Waals surface area contributed by atoms with Crippen LogP contribution in [-0.4, -0.2) is 35.4 Å². The lowest BCUT2D eigenvalue weighted by atomic mass is 9.89. The van der Waals surface area contributed by atoms with Gasteiger partial charge in [-0.1, -0.05) is 48.5 Å². The molecule has 0 amide bonds. The van der Waals surface area contributed by atoms with Gasteiger partial charge in [-0.3, -0.25) is 0 Å². The molecule has 4 rings (SSSR count). The summed E-state index contributed by atoms with van der Waals surface area (Å²) in [6.45, 7) is 9.24. The van der Waals surface area contributed by atoms with Gasteiger partial charge in [0.2, 0.25) is 0 Å². The zero-order chi connectivity index (χ0) is 23.0. The smallest absolute Gasteiger partial charge is 0.191 e. The van der Waals surface area contributed by atoms with E-state index >= 15 is 0 Å². The zero-order valence-electron chi connectivity index (χ0n) is 19.9. The number of ether oxygens (including phenoxy) is 1. The first-order chi connectivity index (χ1) is 16.2. The Kier molecular flexibility index (Phi) is 7.79. The van der Waals surface area contributed by atoms with Crippen molar-refractivity contribution in [1.29, 1.82) is 0 Å². The topological polar surface area (TPSA) is 63.5 Å². The molecule has 1 aliphatic rings. The maximum absolute atomic E-state index is 6.17. The standard InChI is InChI=1S/C27H35N5O/c1-4-28-27(30-19-24-14-10-16-33-26(24)22-11-6-5-7-12-22)29-18-23-13-8-9-15-25(23)32-21(3)17-20(2)31-32/h5-9,11-13,15,17,24,26H,4,10,14,16,18-19H2,1-3H3,(H2,28,29,30). The number of guanidine groups is 1. The van der Waals surface area contributed by atoms with Crippen molar-refractivity contribution in [2.45, 2.75) is 46.3 Å². The molecule has 1 saturated heterocycles. The lowest BCUT2D eigenvalue weighted by molar-refractivity contribution is -0.0265. The number of aryl methyl sites for hydroxylation is 2. The fraction of sp³-hybridized carbons (Fsp3) is 0.407. The summed E-state index contributed by atoms with van der Waals surface area (Å²) in [6, 6.07) is 21.0. The number of benzene rings is 2. The zero-order valence-corrected chi connectivity index (χ0v) is 19.9. The molecule has 0 bridgehead atoms. The van der Waals surface area contributed by atoms with Gasteiger partial charge in [0.1, 0.15) is 0 Å². The van der Waals surface area contributed by atoms with E-state index < -0.39 is 0 Å². The van der Waals surface area contributed by atoms with E-state index in [1.807, 2.05) is 11.6 Å². The Morgan fingerprint density at radius 1 is 1.09 bits per heavy atom. The summed E-state index contributed by atoms with van der Waals surface area (Å²) < 4.78 is 8.17. The van der Waals surface area contributed by atoms with Crippen molar-refractivity contribution >= 4 is 5.96 Å². The van der Waals surface area contributed by atoms with Gasteiger partial charge in [0, 0.05) is 31.3 Å². The molecule has 0 radical (unpaired) electrons. The molecule has 2 N–H and O–H groups in total. The minimum absolute atomic E-state index is 0.127. The summed E-state index contributed by atoms with van der Waals surface area (Å²) in [5.74, 6) is 1.24. The minimum atomic E-state index is 0.127. The summed E-state index contributed by atoms with van der Waals surface area (Å²) in [5, 5.41) is 11.6. The van der Waals surface area contributed by atoms with Gasteiger partial charge in [-0.15, -0.1) is 0 Å². The molecule has 6 heteroatoms. The molecular weight excluding hydrogens is 410 g/mol. The van der Waals surface area contributed by atoms with Crippen LogP contribution < -0.4 is 10.6 Å². The number of aromatic nitrogens is 2. The van der Waals surface area contributed by atoms with E-state index in [1.54, 1.807) is 0 Å². The third-order valence-electron chi connectivity index (χ3n) is 6.09. The molecule has 2 unspecified atom stereocenters. The van der Waals surface area contributed by atoms with E-state index in [0.717, 1.165) is 61.1 Å². The number of hydrogen-bond acceptors (Lipinski definition) is 3. The lowest BCUT2D eigenvalue weighted by Gasteiger charge is -2.32. The monoisotopic (exact) mass is 445 g/mol. The van der Waals surface area contributed by atoms with Crippen molar-refractivity contribution < 1.29 is 4.74 Å². The van der Waals surface area contributed by atoms with Gasteiger partial charge in [0.25, 0.3) is 0 Å². The Labute approximate surface area is 197 Å². The summed E-state index contributed by atoms with van der Waals surface area (Å²) in [5.41, 5.74) is 5.61. The Hall–Kier alpha value is -3.12. The SMILES string of the molecule is CCNC(=NCc1ccccc1-n1nc(C)cc1C)NCC1CCCOC1c1ccccc1. The van der Waals surface area contributed by atoms with Crippen molar-refractivity contribution in [3.8, 4) is 5.69 Å². The first-order valence-electron chi connectivity index (χ1n) is 12.0. The molecule has 174 valence electrons. The van der Waals surface area contributed by atoms with Crippen LogP contribution in [0.15, 0.2) is 65.7 Å². The second kappa shape index (κ2) is 11.1. The largest absolute Gasteiger partial charge is 0.373 e. The molecule has 0 aliphatic carbocycles. The Morgan fingerprint density at radius 3 is 2.64 bits per heavy atom. The summed E-state index contributed by atoms with van der Waals surface area (Å²) in [6.07, 6.45) is 2.37. The van der Waals surface area contributed by atoms with E-state index in [9.17, 15) is 0 Å². The highest BCUT2D eigenvalue weighted by Crippen LogP contribution is 2.33. The van der Waals surface area contributed by atoms with Crippen LogP contribution in [0.1, 0.15) is 48.4 Å².